The fourth-order valence-corrected chi connectivity index (χ4v) is 3.39. The number of aryl methyl sites for hydroxylation is 1. The maximum atomic E-state index is 13.2. The molecule has 9 heteroatoms. The van der Waals surface area contributed by atoms with E-state index in [0.29, 0.717) is 38.2 Å². The number of hydrogen-bond acceptors (Lipinski definition) is 4. The molecule has 0 saturated heterocycles. The number of hydrogen-bond donors (Lipinski definition) is 1. The summed E-state index contributed by atoms with van der Waals surface area (Å²) in [5.41, 5.74) is 3.25. The lowest BCUT2D eigenvalue weighted by atomic mass is 10.1. The van der Waals surface area contributed by atoms with Gasteiger partial charge in [0.25, 0.3) is 5.91 Å². The first-order valence-corrected chi connectivity index (χ1v) is 10.1. The summed E-state index contributed by atoms with van der Waals surface area (Å²) in [5, 5.41) is 12.5. The van der Waals surface area contributed by atoms with Gasteiger partial charge in [-0.25, -0.2) is 4.39 Å². The van der Waals surface area contributed by atoms with Crippen LogP contribution in [-0.4, -0.2) is 27.0 Å². The summed E-state index contributed by atoms with van der Waals surface area (Å²) in [4.78, 5) is 14.1. The number of halogens is 3. The number of aromatic nitrogens is 3. The van der Waals surface area contributed by atoms with Gasteiger partial charge in [0, 0.05) is 10.7 Å². The summed E-state index contributed by atoms with van der Waals surface area (Å²) in [7, 11) is 0. The smallest absolute Gasteiger partial charge is 0.265 e. The fourth-order valence-electron chi connectivity index (χ4n) is 2.94. The zero-order valence-corrected chi connectivity index (χ0v) is 18.1. The van der Waals surface area contributed by atoms with Crippen molar-refractivity contribution in [1.29, 1.82) is 0 Å². The predicted octanol–water partition coefficient (Wildman–Crippen LogP) is 5.58. The molecule has 0 spiro atoms. The number of rotatable bonds is 5. The Morgan fingerprint density at radius 3 is 2.42 bits per heavy atom. The van der Waals surface area contributed by atoms with Crippen LogP contribution in [0.25, 0.3) is 16.7 Å². The van der Waals surface area contributed by atoms with Crippen LogP contribution in [0.1, 0.15) is 12.5 Å². The van der Waals surface area contributed by atoms with E-state index < -0.39 is 6.10 Å². The summed E-state index contributed by atoms with van der Waals surface area (Å²) in [5.74, 6) is -0.319. The highest BCUT2D eigenvalue weighted by molar-refractivity contribution is 6.35. The second kappa shape index (κ2) is 8.53. The van der Waals surface area contributed by atoms with Crippen LogP contribution in [-0.2, 0) is 4.79 Å². The van der Waals surface area contributed by atoms with Gasteiger partial charge in [0.05, 0.1) is 10.7 Å². The lowest BCUT2D eigenvalue weighted by Gasteiger charge is -2.16. The van der Waals surface area contributed by atoms with Crippen molar-refractivity contribution in [3.05, 3.63) is 76.0 Å². The van der Waals surface area contributed by atoms with Gasteiger partial charge in [-0.05, 0) is 74.0 Å². The molecule has 3 aromatic carbocycles. The number of nitrogens with zero attached hydrogens (tertiary/aromatic N) is 3. The number of carbonyl (C=O) groups is 1. The molecule has 1 N–H and O–H groups in total. The standard InChI is InChI=1S/C22H17Cl2FN4O2/c1-12-9-19-20(28-29(27-19)16-6-4-15(25)5-7-16)11-18(12)26-22(30)13(2)31-21-8-3-14(23)10-17(21)24/h3-11,13H,1-2H3,(H,26,30). The molecule has 6 nitrogen and oxygen atoms in total. The predicted molar refractivity (Wildman–Crippen MR) is 119 cm³/mol. The minimum Gasteiger partial charge on any atom is -0.479 e. The average molecular weight is 459 g/mol. The molecule has 0 aliphatic carbocycles. The van der Waals surface area contributed by atoms with Gasteiger partial charge < -0.3 is 10.1 Å². The zero-order chi connectivity index (χ0) is 22.1. The molecule has 158 valence electrons. The van der Waals surface area contributed by atoms with Crippen molar-refractivity contribution >= 4 is 45.8 Å². The van der Waals surface area contributed by atoms with E-state index in [0.717, 1.165) is 5.56 Å². The van der Waals surface area contributed by atoms with Crippen LogP contribution in [0.2, 0.25) is 10.0 Å². The number of carbonyl (C=O) groups excluding carboxylic acids is 1. The molecule has 1 amide bonds. The zero-order valence-electron chi connectivity index (χ0n) is 16.6. The topological polar surface area (TPSA) is 69.0 Å². The van der Waals surface area contributed by atoms with Crippen molar-refractivity contribution in [3.8, 4) is 11.4 Å². The second-order valence-electron chi connectivity index (χ2n) is 6.95. The Balaban J connectivity index is 1.53. The molecule has 0 saturated carbocycles. The molecule has 1 heterocycles. The SMILES string of the molecule is Cc1cc2nn(-c3ccc(F)cc3)nc2cc1NC(=O)C(C)Oc1ccc(Cl)cc1Cl. The van der Waals surface area contributed by atoms with Crippen molar-refractivity contribution in [2.24, 2.45) is 0 Å². The van der Waals surface area contributed by atoms with Crippen molar-refractivity contribution in [2.45, 2.75) is 20.0 Å². The molecule has 0 fully saturated rings. The van der Waals surface area contributed by atoms with Gasteiger partial charge in [0.2, 0.25) is 0 Å². The number of ether oxygens (including phenoxy) is 1. The number of amides is 1. The number of fused-ring (bicyclic) bond motifs is 1. The van der Waals surface area contributed by atoms with Gasteiger partial charge in [-0.1, -0.05) is 23.2 Å². The largest absolute Gasteiger partial charge is 0.479 e. The Morgan fingerprint density at radius 1 is 1.06 bits per heavy atom. The Bertz CT molecular complexity index is 1270. The average Bonchev–Trinajstić information content (AvgIpc) is 3.13. The van der Waals surface area contributed by atoms with E-state index in [2.05, 4.69) is 15.5 Å². The molecule has 1 aromatic heterocycles. The van der Waals surface area contributed by atoms with E-state index >= 15 is 0 Å². The molecule has 0 radical (unpaired) electrons. The summed E-state index contributed by atoms with van der Waals surface area (Å²) < 4.78 is 18.8. The summed E-state index contributed by atoms with van der Waals surface area (Å²) >= 11 is 12.0. The number of benzene rings is 3. The second-order valence-corrected chi connectivity index (χ2v) is 7.79. The highest BCUT2D eigenvalue weighted by Crippen LogP contribution is 2.29. The molecule has 4 aromatic rings. The normalized spacial score (nSPS) is 12.0. The Kier molecular flexibility index (Phi) is 5.80. The maximum absolute atomic E-state index is 13.2. The van der Waals surface area contributed by atoms with E-state index in [1.165, 1.54) is 16.9 Å². The molecular formula is C22H17Cl2FN4O2. The van der Waals surface area contributed by atoms with Gasteiger partial charge >= 0.3 is 0 Å². The van der Waals surface area contributed by atoms with E-state index in [1.807, 2.05) is 13.0 Å². The fraction of sp³-hybridized carbons (Fsp3) is 0.136. The lowest BCUT2D eigenvalue weighted by molar-refractivity contribution is -0.122. The van der Waals surface area contributed by atoms with Crippen molar-refractivity contribution in [3.63, 3.8) is 0 Å². The van der Waals surface area contributed by atoms with Crippen molar-refractivity contribution < 1.29 is 13.9 Å². The maximum Gasteiger partial charge on any atom is 0.265 e. The summed E-state index contributed by atoms with van der Waals surface area (Å²) in [6.07, 6.45) is -0.802. The first-order valence-electron chi connectivity index (χ1n) is 9.36. The Morgan fingerprint density at radius 2 is 1.74 bits per heavy atom. The molecule has 31 heavy (non-hydrogen) atoms. The molecule has 0 bridgehead atoms. The first kappa shape index (κ1) is 21.1. The molecule has 1 unspecified atom stereocenters. The van der Waals surface area contributed by atoms with E-state index in [9.17, 15) is 9.18 Å². The van der Waals surface area contributed by atoms with Crippen LogP contribution in [0.3, 0.4) is 0 Å². The third-order valence-corrected chi connectivity index (χ3v) is 5.14. The number of nitrogens with one attached hydrogen (secondary N) is 1. The Labute approximate surface area is 187 Å². The third-order valence-electron chi connectivity index (χ3n) is 4.61. The van der Waals surface area contributed by atoms with Crippen LogP contribution < -0.4 is 10.1 Å². The third kappa shape index (κ3) is 4.62. The van der Waals surface area contributed by atoms with E-state index in [4.69, 9.17) is 27.9 Å². The first-order chi connectivity index (χ1) is 14.8. The van der Waals surface area contributed by atoms with Crippen LogP contribution in [0, 0.1) is 12.7 Å². The van der Waals surface area contributed by atoms with Crippen LogP contribution in [0.15, 0.2) is 54.6 Å². The van der Waals surface area contributed by atoms with Gasteiger partial charge in [-0.3, -0.25) is 4.79 Å². The minimum absolute atomic E-state index is 0.321. The van der Waals surface area contributed by atoms with E-state index in [-0.39, 0.29) is 11.7 Å². The highest BCUT2D eigenvalue weighted by Gasteiger charge is 2.18. The van der Waals surface area contributed by atoms with Crippen LogP contribution >= 0.6 is 23.2 Å². The van der Waals surface area contributed by atoms with Crippen LogP contribution in [0.5, 0.6) is 5.75 Å². The molecule has 1 atom stereocenters. The van der Waals surface area contributed by atoms with Gasteiger partial charge in [0.15, 0.2) is 6.10 Å². The monoisotopic (exact) mass is 458 g/mol. The molecule has 0 aliphatic heterocycles. The summed E-state index contributed by atoms with van der Waals surface area (Å²) in [6, 6.07) is 14.2. The quantitative estimate of drug-likeness (QED) is 0.423. The van der Waals surface area contributed by atoms with Gasteiger partial charge in [-0.2, -0.15) is 4.80 Å². The number of anilines is 1. The highest BCUT2D eigenvalue weighted by atomic mass is 35.5. The minimum atomic E-state index is -0.802. The molecular weight excluding hydrogens is 442 g/mol. The Hall–Kier alpha value is -3.16. The van der Waals surface area contributed by atoms with Crippen molar-refractivity contribution in [1.82, 2.24) is 15.0 Å². The van der Waals surface area contributed by atoms with Gasteiger partial charge in [0.1, 0.15) is 22.6 Å². The van der Waals surface area contributed by atoms with E-state index in [1.54, 1.807) is 43.3 Å². The van der Waals surface area contributed by atoms with Crippen molar-refractivity contribution in [2.75, 3.05) is 5.32 Å². The van der Waals surface area contributed by atoms with Gasteiger partial charge in [-0.15, -0.1) is 10.2 Å². The molecule has 0 aliphatic rings. The molecule has 4 rings (SSSR count). The van der Waals surface area contributed by atoms with Crippen LogP contribution in [0.4, 0.5) is 10.1 Å². The lowest BCUT2D eigenvalue weighted by Crippen LogP contribution is -2.30. The summed E-state index contributed by atoms with van der Waals surface area (Å²) in [6.45, 7) is 3.48.